The van der Waals surface area contributed by atoms with Crippen molar-refractivity contribution in [2.24, 2.45) is 0 Å². The molecule has 0 bridgehead atoms. The van der Waals surface area contributed by atoms with Gasteiger partial charge < -0.3 is 5.32 Å². The molecule has 0 atom stereocenters. The van der Waals surface area contributed by atoms with E-state index in [1.54, 1.807) is 12.1 Å². The highest BCUT2D eigenvalue weighted by Crippen LogP contribution is 2.13. The maximum Gasteiger partial charge on any atom is 0.215 e. The van der Waals surface area contributed by atoms with Crippen LogP contribution in [0.4, 0.5) is 5.69 Å². The van der Waals surface area contributed by atoms with Crippen LogP contribution in [0.2, 0.25) is 0 Å². The molecule has 19 heavy (non-hydrogen) atoms. The van der Waals surface area contributed by atoms with Crippen LogP contribution in [-0.2, 0) is 19.9 Å². The second-order valence-corrected chi connectivity index (χ2v) is 8.64. The van der Waals surface area contributed by atoms with Crippen molar-refractivity contribution in [2.45, 2.75) is 4.90 Å². The highest BCUT2D eigenvalue weighted by molar-refractivity contribution is 7.90. The smallest absolute Gasteiger partial charge is 0.215 e. The molecule has 1 aromatic carbocycles. The maximum absolute atomic E-state index is 11.5. The second-order valence-electron chi connectivity index (χ2n) is 4.32. The molecule has 1 N–H and O–H groups in total. The van der Waals surface area contributed by atoms with Crippen molar-refractivity contribution in [1.82, 2.24) is 4.31 Å². The Kier molecular flexibility index (Phi) is 4.94. The lowest BCUT2D eigenvalue weighted by molar-refractivity contribution is 0.521. The summed E-state index contributed by atoms with van der Waals surface area (Å²) in [7, 11) is -3.46. The Balaban J connectivity index is 2.61. The summed E-state index contributed by atoms with van der Waals surface area (Å²) in [5.74, 6) is -0.0200. The van der Waals surface area contributed by atoms with E-state index in [1.807, 2.05) is 0 Å². The molecule has 1 aromatic rings. The Hall–Kier alpha value is -1.12. The largest absolute Gasteiger partial charge is 0.384 e. The molecule has 108 valence electrons. The molecule has 0 aliphatic carbocycles. The number of hydrogen-bond donors (Lipinski definition) is 1. The molecule has 0 aliphatic rings. The van der Waals surface area contributed by atoms with Gasteiger partial charge in [0.05, 0.1) is 10.6 Å². The summed E-state index contributed by atoms with van der Waals surface area (Å²) in [4.78, 5) is 0.235. The Morgan fingerprint density at radius 2 is 1.58 bits per heavy atom. The average Bonchev–Trinajstić information content (AvgIpc) is 2.28. The molecule has 0 amide bonds. The van der Waals surface area contributed by atoms with Crippen LogP contribution in [0.25, 0.3) is 0 Å². The summed E-state index contributed by atoms with van der Waals surface area (Å²) in [5.41, 5.74) is 0.682. The van der Waals surface area contributed by atoms with E-state index in [2.05, 4.69) is 5.32 Å². The van der Waals surface area contributed by atoms with E-state index in [4.69, 9.17) is 0 Å². The number of nitrogens with one attached hydrogen (secondary N) is 1. The van der Waals surface area contributed by atoms with Gasteiger partial charge in [0.25, 0.3) is 0 Å². The van der Waals surface area contributed by atoms with Crippen LogP contribution in [-0.4, -0.2) is 53.8 Å². The number of sulfone groups is 1. The lowest BCUT2D eigenvalue weighted by atomic mass is 10.3. The molecule has 0 saturated heterocycles. The third-order valence-electron chi connectivity index (χ3n) is 2.53. The molecule has 0 aromatic heterocycles. The van der Waals surface area contributed by atoms with Gasteiger partial charge in [-0.15, -0.1) is 0 Å². The van der Waals surface area contributed by atoms with E-state index in [9.17, 15) is 16.8 Å². The summed E-state index contributed by atoms with van der Waals surface area (Å²) in [6, 6.07) is 6.19. The van der Waals surface area contributed by atoms with Crippen molar-refractivity contribution in [3.05, 3.63) is 24.3 Å². The molecule has 6 nitrogen and oxygen atoms in total. The van der Waals surface area contributed by atoms with Gasteiger partial charge in [0.15, 0.2) is 9.84 Å². The molecule has 0 spiro atoms. The Bertz CT molecular complexity index is 619. The summed E-state index contributed by atoms with van der Waals surface area (Å²) in [6.45, 7) is 0.263. The molecule has 0 fully saturated rings. The number of rotatable bonds is 6. The van der Waals surface area contributed by atoms with E-state index >= 15 is 0 Å². The Morgan fingerprint density at radius 3 is 2.00 bits per heavy atom. The molecule has 0 saturated carbocycles. The van der Waals surface area contributed by atoms with Crippen LogP contribution in [0.5, 0.6) is 0 Å². The highest BCUT2D eigenvalue weighted by Gasteiger charge is 2.12. The van der Waals surface area contributed by atoms with E-state index in [0.717, 1.165) is 6.26 Å². The van der Waals surface area contributed by atoms with Crippen LogP contribution in [0.15, 0.2) is 29.2 Å². The van der Waals surface area contributed by atoms with E-state index in [1.165, 1.54) is 30.5 Å². The fourth-order valence-electron chi connectivity index (χ4n) is 1.33. The van der Waals surface area contributed by atoms with Gasteiger partial charge in [0.1, 0.15) is 0 Å². The second kappa shape index (κ2) is 5.89. The first kappa shape index (κ1) is 15.9. The number of hydrogen-bond acceptors (Lipinski definition) is 5. The van der Waals surface area contributed by atoms with Gasteiger partial charge in [0.2, 0.25) is 10.0 Å². The first-order valence-electron chi connectivity index (χ1n) is 5.57. The van der Waals surface area contributed by atoms with Gasteiger partial charge in [-0.1, -0.05) is 0 Å². The van der Waals surface area contributed by atoms with E-state index in [0.29, 0.717) is 5.69 Å². The van der Waals surface area contributed by atoms with Gasteiger partial charge in [0, 0.05) is 32.6 Å². The highest BCUT2D eigenvalue weighted by atomic mass is 32.2. The zero-order chi connectivity index (χ0) is 14.7. The molecular formula is C11H18N2O4S2. The van der Waals surface area contributed by atoms with Crippen molar-refractivity contribution in [1.29, 1.82) is 0 Å². The lowest BCUT2D eigenvalue weighted by Crippen LogP contribution is -2.28. The fraction of sp³-hybridized carbons (Fsp3) is 0.455. The lowest BCUT2D eigenvalue weighted by Gasteiger charge is -2.12. The van der Waals surface area contributed by atoms with Crippen LogP contribution >= 0.6 is 0 Å². The molecule has 0 aliphatic heterocycles. The molecule has 1 rings (SSSR count). The molecule has 8 heteroatoms. The number of sulfonamides is 1. The maximum atomic E-state index is 11.5. The number of nitrogens with zero attached hydrogens (tertiary/aromatic N) is 1. The number of anilines is 1. The number of benzene rings is 1. The topological polar surface area (TPSA) is 83.6 Å². The predicted molar refractivity (Wildman–Crippen MR) is 75.5 cm³/mol. The van der Waals surface area contributed by atoms with Crippen LogP contribution in [0.1, 0.15) is 0 Å². The molecule has 0 unspecified atom stereocenters. The average molecular weight is 306 g/mol. The minimum Gasteiger partial charge on any atom is -0.384 e. The monoisotopic (exact) mass is 306 g/mol. The quantitative estimate of drug-likeness (QED) is 0.822. The summed E-state index contributed by atoms with van der Waals surface area (Å²) >= 11 is 0. The van der Waals surface area contributed by atoms with Gasteiger partial charge in [-0.05, 0) is 24.3 Å². The van der Waals surface area contributed by atoms with Crippen molar-refractivity contribution < 1.29 is 16.8 Å². The zero-order valence-electron chi connectivity index (χ0n) is 11.1. The van der Waals surface area contributed by atoms with Gasteiger partial charge in [-0.3, -0.25) is 0 Å². The molecule has 0 radical (unpaired) electrons. The van der Waals surface area contributed by atoms with Crippen molar-refractivity contribution in [3.8, 4) is 0 Å². The summed E-state index contributed by atoms with van der Waals surface area (Å²) in [5, 5.41) is 2.93. The minimum absolute atomic E-state index is 0.0200. The molecule has 0 heterocycles. The van der Waals surface area contributed by atoms with Gasteiger partial charge in [-0.2, -0.15) is 0 Å². The minimum atomic E-state index is -3.22. The van der Waals surface area contributed by atoms with Crippen molar-refractivity contribution in [3.63, 3.8) is 0 Å². The van der Waals surface area contributed by atoms with Crippen molar-refractivity contribution in [2.75, 3.05) is 38.0 Å². The SMILES string of the molecule is CN(C)S(=O)(=O)CCNc1ccc(S(C)(=O)=O)cc1. The molecular weight excluding hydrogens is 288 g/mol. The van der Waals surface area contributed by atoms with Gasteiger partial charge >= 0.3 is 0 Å². The fourth-order valence-corrected chi connectivity index (χ4v) is 2.68. The van der Waals surface area contributed by atoms with E-state index < -0.39 is 19.9 Å². The Labute approximate surface area is 114 Å². The van der Waals surface area contributed by atoms with Crippen LogP contribution < -0.4 is 5.32 Å². The Morgan fingerprint density at radius 1 is 1.05 bits per heavy atom. The third kappa shape index (κ3) is 4.81. The zero-order valence-corrected chi connectivity index (χ0v) is 12.8. The predicted octanol–water partition coefficient (Wildman–Crippen LogP) is 0.393. The summed E-state index contributed by atoms with van der Waals surface area (Å²) in [6.07, 6.45) is 1.14. The first-order chi connectivity index (χ1) is 8.63. The van der Waals surface area contributed by atoms with Crippen molar-refractivity contribution >= 4 is 25.5 Å². The van der Waals surface area contributed by atoms with Gasteiger partial charge in [-0.25, -0.2) is 21.1 Å². The van der Waals surface area contributed by atoms with Crippen LogP contribution in [0, 0.1) is 0 Å². The normalized spacial score (nSPS) is 12.6. The third-order valence-corrected chi connectivity index (χ3v) is 5.49. The first-order valence-corrected chi connectivity index (χ1v) is 9.07. The van der Waals surface area contributed by atoms with Crippen LogP contribution in [0.3, 0.4) is 0 Å². The summed E-state index contributed by atoms with van der Waals surface area (Å²) < 4.78 is 46.7. The van der Waals surface area contributed by atoms with E-state index in [-0.39, 0.29) is 17.2 Å². The standard InChI is InChI=1S/C11H18N2O4S2/c1-13(2)19(16,17)9-8-12-10-4-6-11(7-5-10)18(3,14)15/h4-7,12H,8-9H2,1-3H3.